The van der Waals surface area contributed by atoms with Crippen LogP contribution in [0.1, 0.15) is 71.6 Å². The van der Waals surface area contributed by atoms with E-state index >= 15 is 0 Å². The minimum atomic E-state index is -0.432. The molecule has 0 aliphatic heterocycles. The summed E-state index contributed by atoms with van der Waals surface area (Å²) in [5, 5.41) is 0. The Bertz CT molecular complexity index is 487. The van der Waals surface area contributed by atoms with Crippen LogP contribution in [0.5, 0.6) is 0 Å². The molecule has 0 fully saturated rings. The first kappa shape index (κ1) is 25.1. The van der Waals surface area contributed by atoms with Crippen LogP contribution in [-0.2, 0) is 9.53 Å². The summed E-state index contributed by atoms with van der Waals surface area (Å²) < 4.78 is 5.46. The van der Waals surface area contributed by atoms with Gasteiger partial charge in [-0.2, -0.15) is 0 Å². The second-order valence-electron chi connectivity index (χ2n) is 6.37. The minimum Gasteiger partial charge on any atom is -0.368 e. The third-order valence-corrected chi connectivity index (χ3v) is 3.93. The largest absolute Gasteiger partial charge is 0.368 e. The summed E-state index contributed by atoms with van der Waals surface area (Å²) in [6.45, 7) is 4.66. The lowest BCUT2D eigenvalue weighted by molar-refractivity contribution is -0.129. The predicted molar refractivity (Wildman–Crippen MR) is 118 cm³/mol. The molecule has 3 nitrogen and oxygen atoms in total. The number of allylic oxidation sites excluding steroid dienone is 10. The molecule has 1 amide bonds. The molecule has 0 bridgehead atoms. The first-order valence-corrected chi connectivity index (χ1v) is 10.4. The highest BCUT2D eigenvalue weighted by atomic mass is 16.5. The highest BCUT2D eigenvalue weighted by Crippen LogP contribution is 2.03. The molecular formula is C24H39NO2. The van der Waals surface area contributed by atoms with E-state index in [4.69, 9.17) is 10.5 Å². The first-order chi connectivity index (χ1) is 13.2. The third kappa shape index (κ3) is 18.7. The van der Waals surface area contributed by atoms with Crippen molar-refractivity contribution < 1.29 is 9.53 Å². The molecule has 2 N–H and O–H groups in total. The monoisotopic (exact) mass is 373 g/mol. The summed E-state index contributed by atoms with van der Waals surface area (Å²) in [6.07, 6.45) is 30.5. The van der Waals surface area contributed by atoms with Crippen LogP contribution in [0, 0.1) is 0 Å². The normalized spacial score (nSPS) is 13.9. The molecule has 0 radical (unpaired) electrons. The van der Waals surface area contributed by atoms with Gasteiger partial charge in [-0.1, -0.05) is 74.6 Å². The highest BCUT2D eigenvalue weighted by Gasteiger charge is 2.11. The van der Waals surface area contributed by atoms with E-state index in [1.54, 1.807) is 0 Å². The summed E-state index contributed by atoms with van der Waals surface area (Å²) in [5.41, 5.74) is 5.24. The van der Waals surface area contributed by atoms with Gasteiger partial charge in [-0.15, -0.1) is 0 Å². The number of carbonyl (C=O) groups excluding carboxylic acids is 1. The van der Waals surface area contributed by atoms with Crippen LogP contribution in [0.2, 0.25) is 0 Å². The van der Waals surface area contributed by atoms with Crippen LogP contribution in [-0.4, -0.2) is 18.6 Å². The zero-order valence-electron chi connectivity index (χ0n) is 17.3. The summed E-state index contributed by atoms with van der Waals surface area (Å²) >= 11 is 0. The lowest BCUT2D eigenvalue weighted by atomic mass is 10.2. The number of nitrogens with two attached hydrogens (primary N) is 1. The van der Waals surface area contributed by atoms with Gasteiger partial charge in [0, 0.05) is 6.61 Å². The summed E-state index contributed by atoms with van der Waals surface area (Å²) in [4.78, 5) is 11.0. The van der Waals surface area contributed by atoms with Crippen LogP contribution in [0.15, 0.2) is 60.8 Å². The Balaban J connectivity index is 3.51. The molecule has 1 atom stereocenters. The molecule has 0 aromatic heterocycles. The number of primary amides is 1. The van der Waals surface area contributed by atoms with Crippen molar-refractivity contribution >= 4 is 5.91 Å². The fraction of sp³-hybridized carbons (Fsp3) is 0.542. The molecule has 0 saturated heterocycles. The molecule has 0 rings (SSSR count). The Hall–Kier alpha value is -1.87. The summed E-state index contributed by atoms with van der Waals surface area (Å²) in [6, 6.07) is 0. The molecule has 0 aliphatic rings. The van der Waals surface area contributed by atoms with E-state index in [-0.39, 0.29) is 5.91 Å². The molecule has 27 heavy (non-hydrogen) atoms. The van der Waals surface area contributed by atoms with Gasteiger partial charge in [0.05, 0.1) is 0 Å². The van der Waals surface area contributed by atoms with Gasteiger partial charge in [0.15, 0.2) is 0 Å². The van der Waals surface area contributed by atoms with Crippen LogP contribution in [0.25, 0.3) is 0 Å². The van der Waals surface area contributed by atoms with E-state index in [1.807, 2.05) is 6.92 Å². The molecule has 0 heterocycles. The average molecular weight is 374 g/mol. The topological polar surface area (TPSA) is 52.3 Å². The van der Waals surface area contributed by atoms with Gasteiger partial charge in [-0.05, 0) is 57.8 Å². The average Bonchev–Trinajstić information content (AvgIpc) is 2.66. The molecule has 0 aromatic rings. The lowest BCUT2D eigenvalue weighted by Gasteiger charge is -2.11. The predicted octanol–water partition coefficient (Wildman–Crippen LogP) is 6.19. The molecule has 0 saturated carbocycles. The van der Waals surface area contributed by atoms with Gasteiger partial charge < -0.3 is 10.5 Å². The number of amides is 1. The molecule has 0 spiro atoms. The smallest absolute Gasteiger partial charge is 0.246 e. The molecule has 0 aliphatic carbocycles. The van der Waals surface area contributed by atoms with E-state index in [0.29, 0.717) is 13.0 Å². The molecule has 0 unspecified atom stereocenters. The van der Waals surface area contributed by atoms with Crippen molar-refractivity contribution in [2.45, 2.75) is 77.7 Å². The van der Waals surface area contributed by atoms with E-state index in [9.17, 15) is 4.79 Å². The number of rotatable bonds is 17. The highest BCUT2D eigenvalue weighted by molar-refractivity contribution is 5.78. The Morgan fingerprint density at radius 1 is 0.778 bits per heavy atom. The van der Waals surface area contributed by atoms with Crippen molar-refractivity contribution in [3.05, 3.63) is 60.8 Å². The van der Waals surface area contributed by atoms with Crippen molar-refractivity contribution in [2.24, 2.45) is 5.73 Å². The minimum absolute atomic E-state index is 0.365. The van der Waals surface area contributed by atoms with Crippen molar-refractivity contribution in [1.82, 2.24) is 0 Å². The Kier molecular flexibility index (Phi) is 19.0. The van der Waals surface area contributed by atoms with Gasteiger partial charge in [0.1, 0.15) is 6.10 Å². The maximum absolute atomic E-state index is 11.0. The molecule has 3 heteroatoms. The summed E-state index contributed by atoms with van der Waals surface area (Å²) in [5.74, 6) is -0.365. The van der Waals surface area contributed by atoms with Gasteiger partial charge in [-0.25, -0.2) is 0 Å². The number of hydrogen-bond donors (Lipinski definition) is 1. The van der Waals surface area contributed by atoms with Gasteiger partial charge in [-0.3, -0.25) is 4.79 Å². The second kappa shape index (κ2) is 20.4. The van der Waals surface area contributed by atoms with E-state index in [2.05, 4.69) is 67.7 Å². The number of carbonyl (C=O) groups is 1. The van der Waals surface area contributed by atoms with Crippen molar-refractivity contribution in [1.29, 1.82) is 0 Å². The fourth-order valence-corrected chi connectivity index (χ4v) is 2.36. The maximum Gasteiger partial charge on any atom is 0.246 e. The summed E-state index contributed by atoms with van der Waals surface area (Å²) in [7, 11) is 0. The van der Waals surface area contributed by atoms with E-state index in [0.717, 1.165) is 51.4 Å². The number of unbranched alkanes of at least 4 members (excludes halogenated alkanes) is 2. The van der Waals surface area contributed by atoms with Gasteiger partial charge in [0.25, 0.3) is 0 Å². The molecule has 0 aromatic carbocycles. The lowest BCUT2D eigenvalue weighted by Crippen LogP contribution is -2.30. The first-order valence-electron chi connectivity index (χ1n) is 10.4. The SMILES string of the molecule is CC/C=C\C/C=C\C/C=C\C/C=C\C/C=C\CCCCO[C@H](CC)C(N)=O. The molecule has 152 valence electrons. The van der Waals surface area contributed by atoms with Crippen molar-refractivity contribution in [2.75, 3.05) is 6.61 Å². The van der Waals surface area contributed by atoms with Crippen LogP contribution < -0.4 is 5.73 Å². The Morgan fingerprint density at radius 3 is 1.70 bits per heavy atom. The van der Waals surface area contributed by atoms with Crippen molar-refractivity contribution in [3.8, 4) is 0 Å². The quantitative estimate of drug-likeness (QED) is 0.244. The number of ether oxygens (including phenoxy) is 1. The van der Waals surface area contributed by atoms with Crippen LogP contribution in [0.3, 0.4) is 0 Å². The Labute approximate surface area is 166 Å². The Morgan fingerprint density at radius 2 is 1.26 bits per heavy atom. The van der Waals surface area contributed by atoms with Crippen LogP contribution >= 0.6 is 0 Å². The van der Waals surface area contributed by atoms with Gasteiger partial charge >= 0.3 is 0 Å². The fourth-order valence-electron chi connectivity index (χ4n) is 2.36. The molecular weight excluding hydrogens is 334 g/mol. The van der Waals surface area contributed by atoms with E-state index in [1.165, 1.54) is 0 Å². The second-order valence-corrected chi connectivity index (χ2v) is 6.37. The third-order valence-electron chi connectivity index (χ3n) is 3.93. The number of hydrogen-bond acceptors (Lipinski definition) is 2. The maximum atomic E-state index is 11.0. The standard InChI is InChI=1S/C24H39NO2/c1-3-5-6-7-8-9-10-11-12-13-14-15-16-17-18-19-20-21-22-27-23(4-2)24(25)26/h5-6,8-9,11-12,14-15,17-18,23H,3-4,7,10,13,16,19-22H2,1-2H3,(H2,25,26)/b6-5-,9-8-,12-11-,15-14-,18-17-/t23-/m1/s1. The van der Waals surface area contributed by atoms with Gasteiger partial charge in [0.2, 0.25) is 5.91 Å². The van der Waals surface area contributed by atoms with Crippen LogP contribution in [0.4, 0.5) is 0 Å². The van der Waals surface area contributed by atoms with Crippen molar-refractivity contribution in [3.63, 3.8) is 0 Å². The zero-order valence-corrected chi connectivity index (χ0v) is 17.3. The van der Waals surface area contributed by atoms with E-state index < -0.39 is 6.10 Å². The zero-order chi connectivity index (χ0) is 20.0.